The maximum Gasteiger partial charge on any atom is 0.275 e. The lowest BCUT2D eigenvalue weighted by Gasteiger charge is -2.11. The molecule has 0 aliphatic carbocycles. The lowest BCUT2D eigenvalue weighted by Crippen LogP contribution is -2.24. The molecule has 0 aliphatic rings. The Kier molecular flexibility index (Phi) is 4.39. The van der Waals surface area contributed by atoms with Crippen molar-refractivity contribution < 1.29 is 14.1 Å². The summed E-state index contributed by atoms with van der Waals surface area (Å²) in [5.41, 5.74) is 0.237. The van der Waals surface area contributed by atoms with Crippen molar-refractivity contribution in [1.29, 1.82) is 0 Å². The van der Waals surface area contributed by atoms with Crippen LogP contribution >= 0.6 is 0 Å². The fraction of sp³-hybridized carbons (Fsp3) is 0.455. The largest absolute Gasteiger partial charge is 0.494 e. The number of hydrogen-bond acceptors (Lipinski definition) is 4. The Morgan fingerprint density at radius 1 is 1.59 bits per heavy atom. The lowest BCUT2D eigenvalue weighted by atomic mass is 10.0. The third-order valence-corrected chi connectivity index (χ3v) is 2.57. The van der Waals surface area contributed by atoms with E-state index >= 15 is 0 Å². The second-order valence-electron chi connectivity index (χ2n) is 3.77. The zero-order valence-corrected chi connectivity index (χ0v) is 9.99. The Morgan fingerprint density at radius 3 is 2.71 bits per heavy atom. The molecule has 1 aromatic carbocycles. The summed E-state index contributed by atoms with van der Waals surface area (Å²) in [6.07, 6.45) is 0.434. The highest BCUT2D eigenvalue weighted by Gasteiger charge is 2.19. The molecule has 5 nitrogen and oxygen atoms in total. The van der Waals surface area contributed by atoms with Gasteiger partial charge in [0.1, 0.15) is 0 Å². The number of likely N-dealkylation sites (N-methyl/N-ethyl adjacent to an activating group) is 1. The van der Waals surface area contributed by atoms with E-state index in [9.17, 15) is 14.5 Å². The number of ether oxygens (including phenoxy) is 1. The molecule has 0 radical (unpaired) electrons. The van der Waals surface area contributed by atoms with Gasteiger partial charge in [-0.1, -0.05) is 0 Å². The molecule has 94 valence electrons. The molecular formula is C11H15FN2O3. The SMILES string of the molecule is CNC(C)Cc1cc(OC)c(F)cc1[N+](=O)[O-]. The van der Waals surface area contributed by atoms with E-state index in [1.54, 1.807) is 7.05 Å². The Balaban J connectivity index is 3.19. The topological polar surface area (TPSA) is 64.4 Å². The van der Waals surface area contributed by atoms with Gasteiger partial charge >= 0.3 is 0 Å². The average Bonchev–Trinajstić information content (AvgIpc) is 2.30. The molecular weight excluding hydrogens is 227 g/mol. The molecule has 0 saturated carbocycles. The number of benzene rings is 1. The molecule has 1 unspecified atom stereocenters. The van der Waals surface area contributed by atoms with E-state index in [4.69, 9.17) is 4.74 Å². The second-order valence-corrected chi connectivity index (χ2v) is 3.77. The molecule has 0 aromatic heterocycles. The van der Waals surface area contributed by atoms with E-state index in [1.165, 1.54) is 13.2 Å². The van der Waals surface area contributed by atoms with Crippen LogP contribution in [0.1, 0.15) is 12.5 Å². The summed E-state index contributed by atoms with van der Waals surface area (Å²) in [5.74, 6) is -0.700. The predicted octanol–water partition coefficient (Wildman–Crippen LogP) is 1.89. The van der Waals surface area contributed by atoms with E-state index in [0.717, 1.165) is 6.07 Å². The van der Waals surface area contributed by atoms with E-state index in [1.807, 2.05) is 6.92 Å². The smallest absolute Gasteiger partial charge is 0.275 e. The van der Waals surface area contributed by atoms with Gasteiger partial charge in [0.25, 0.3) is 5.69 Å². The van der Waals surface area contributed by atoms with Gasteiger partial charge in [0.2, 0.25) is 0 Å². The lowest BCUT2D eigenvalue weighted by molar-refractivity contribution is -0.385. The monoisotopic (exact) mass is 242 g/mol. The minimum atomic E-state index is -0.722. The first-order chi connectivity index (χ1) is 7.99. The van der Waals surface area contributed by atoms with Crippen LogP contribution in [-0.4, -0.2) is 25.1 Å². The van der Waals surface area contributed by atoms with Crippen LogP contribution < -0.4 is 10.1 Å². The van der Waals surface area contributed by atoms with Crippen LogP contribution in [-0.2, 0) is 6.42 Å². The van der Waals surface area contributed by atoms with Crippen LogP contribution in [0.2, 0.25) is 0 Å². The van der Waals surface area contributed by atoms with Gasteiger partial charge < -0.3 is 10.1 Å². The van der Waals surface area contributed by atoms with Crippen molar-refractivity contribution in [2.24, 2.45) is 0 Å². The number of rotatable bonds is 5. The second kappa shape index (κ2) is 5.58. The maximum absolute atomic E-state index is 13.4. The van der Waals surface area contributed by atoms with Gasteiger partial charge in [-0.2, -0.15) is 0 Å². The van der Waals surface area contributed by atoms with Crippen molar-refractivity contribution >= 4 is 5.69 Å². The van der Waals surface area contributed by atoms with Crippen LogP contribution in [0.5, 0.6) is 5.75 Å². The number of methoxy groups -OCH3 is 1. The van der Waals surface area contributed by atoms with Crippen LogP contribution in [0, 0.1) is 15.9 Å². The van der Waals surface area contributed by atoms with Crippen LogP contribution in [0.15, 0.2) is 12.1 Å². The number of nitrogens with one attached hydrogen (secondary N) is 1. The minimum absolute atomic E-state index is 0.0221. The van der Waals surface area contributed by atoms with Gasteiger partial charge in [-0.15, -0.1) is 0 Å². The first-order valence-electron chi connectivity index (χ1n) is 5.17. The third kappa shape index (κ3) is 3.13. The fourth-order valence-electron chi connectivity index (χ4n) is 1.51. The Labute approximate surface area is 98.7 Å². The molecule has 0 fully saturated rings. The summed E-state index contributed by atoms with van der Waals surface area (Å²) in [5, 5.41) is 13.8. The molecule has 1 rings (SSSR count). The van der Waals surface area contributed by atoms with Gasteiger partial charge in [0, 0.05) is 11.6 Å². The van der Waals surface area contributed by atoms with Crippen LogP contribution in [0.25, 0.3) is 0 Å². The van der Waals surface area contributed by atoms with E-state index in [-0.39, 0.29) is 17.5 Å². The van der Waals surface area contributed by atoms with Crippen molar-refractivity contribution in [3.05, 3.63) is 33.6 Å². The van der Waals surface area contributed by atoms with Crippen molar-refractivity contribution in [1.82, 2.24) is 5.32 Å². The van der Waals surface area contributed by atoms with Gasteiger partial charge in [0.15, 0.2) is 11.6 Å². The number of hydrogen-bond donors (Lipinski definition) is 1. The molecule has 0 amide bonds. The fourth-order valence-corrected chi connectivity index (χ4v) is 1.51. The summed E-state index contributed by atoms with van der Waals surface area (Å²) in [4.78, 5) is 10.2. The zero-order valence-electron chi connectivity index (χ0n) is 9.99. The van der Waals surface area contributed by atoms with Crippen molar-refractivity contribution in [2.45, 2.75) is 19.4 Å². The maximum atomic E-state index is 13.4. The third-order valence-electron chi connectivity index (χ3n) is 2.57. The van der Waals surface area contributed by atoms with E-state index < -0.39 is 10.7 Å². The molecule has 1 atom stereocenters. The summed E-state index contributed by atoms with van der Waals surface area (Å²) in [6.45, 7) is 1.89. The standard InChI is InChI=1S/C11H15FN2O3/c1-7(13-2)4-8-5-11(17-3)9(12)6-10(8)14(15)16/h5-7,13H,4H2,1-3H3. The minimum Gasteiger partial charge on any atom is -0.494 e. The molecule has 0 saturated heterocycles. The van der Waals surface area contributed by atoms with Crippen LogP contribution in [0.3, 0.4) is 0 Å². The average molecular weight is 242 g/mol. The van der Waals surface area contributed by atoms with Crippen LogP contribution in [0.4, 0.5) is 10.1 Å². The molecule has 0 aliphatic heterocycles. The number of nitro groups is 1. The highest BCUT2D eigenvalue weighted by Crippen LogP contribution is 2.28. The molecule has 0 bridgehead atoms. The molecule has 17 heavy (non-hydrogen) atoms. The molecule has 1 N–H and O–H groups in total. The first-order valence-corrected chi connectivity index (χ1v) is 5.17. The molecule has 0 heterocycles. The highest BCUT2D eigenvalue weighted by atomic mass is 19.1. The van der Waals surface area contributed by atoms with Gasteiger partial charge in [-0.05, 0) is 26.5 Å². The molecule has 6 heteroatoms. The van der Waals surface area contributed by atoms with Crippen molar-refractivity contribution in [3.63, 3.8) is 0 Å². The Hall–Kier alpha value is -1.69. The summed E-state index contributed by atoms with van der Waals surface area (Å²) in [7, 11) is 3.09. The molecule has 0 spiro atoms. The first kappa shape index (κ1) is 13.4. The summed E-state index contributed by atoms with van der Waals surface area (Å²) < 4.78 is 18.2. The number of halogens is 1. The van der Waals surface area contributed by atoms with Gasteiger partial charge in [0.05, 0.1) is 18.1 Å². The highest BCUT2D eigenvalue weighted by molar-refractivity contribution is 5.46. The van der Waals surface area contributed by atoms with E-state index in [0.29, 0.717) is 12.0 Å². The normalized spacial score (nSPS) is 12.2. The van der Waals surface area contributed by atoms with Crippen molar-refractivity contribution in [2.75, 3.05) is 14.2 Å². The predicted molar refractivity (Wildman–Crippen MR) is 61.8 cm³/mol. The van der Waals surface area contributed by atoms with E-state index in [2.05, 4.69) is 5.32 Å². The van der Waals surface area contributed by atoms with Gasteiger partial charge in [-0.3, -0.25) is 10.1 Å². The quantitative estimate of drug-likeness (QED) is 0.632. The Bertz CT molecular complexity index is 423. The summed E-state index contributed by atoms with van der Waals surface area (Å²) in [6, 6.07) is 2.33. The number of nitro benzene ring substituents is 1. The molecule has 1 aromatic rings. The van der Waals surface area contributed by atoms with Gasteiger partial charge in [-0.25, -0.2) is 4.39 Å². The number of nitrogens with zero attached hydrogens (tertiary/aromatic N) is 1. The zero-order chi connectivity index (χ0) is 13.0. The Morgan fingerprint density at radius 2 is 2.24 bits per heavy atom. The van der Waals surface area contributed by atoms with Crippen molar-refractivity contribution in [3.8, 4) is 5.75 Å². The summed E-state index contributed by atoms with van der Waals surface area (Å²) >= 11 is 0.